The Bertz CT molecular complexity index is 429. The molecule has 124 valence electrons. The number of allylic oxidation sites excluding steroid dienone is 4. The normalized spacial score (nSPS) is 23.3. The Morgan fingerprint density at radius 3 is 2.68 bits per heavy atom. The van der Waals surface area contributed by atoms with Crippen molar-refractivity contribution in [2.45, 2.75) is 51.9 Å². The first-order valence-electron chi connectivity index (χ1n) is 8.07. The Morgan fingerprint density at radius 1 is 1.27 bits per heavy atom. The van der Waals surface area contributed by atoms with E-state index in [0.29, 0.717) is 5.05 Å². The summed E-state index contributed by atoms with van der Waals surface area (Å²) >= 11 is 5.37. The second-order valence-electron chi connectivity index (χ2n) is 5.82. The number of ether oxygens (including phenoxy) is 1. The molecule has 2 unspecified atom stereocenters. The Morgan fingerprint density at radius 2 is 2.05 bits per heavy atom. The third-order valence-electron chi connectivity index (χ3n) is 4.04. The van der Waals surface area contributed by atoms with Gasteiger partial charge in [-0.25, -0.2) is 8.78 Å². The quantitative estimate of drug-likeness (QED) is 0.237. The standard InChI is InChI=1S/C18H26F2OS/c1-3-5-15-6-4-7-16(10-9-15)18(22)21-17(12-13-19)11-8-14(2)20/h8,11-12,15-16H,2-7,9-10,13H2,1H3/b11-8-,17-12+. The van der Waals surface area contributed by atoms with E-state index in [0.717, 1.165) is 31.3 Å². The smallest absolute Gasteiger partial charge is 0.170 e. The van der Waals surface area contributed by atoms with Crippen molar-refractivity contribution < 1.29 is 13.5 Å². The average molecular weight is 328 g/mol. The average Bonchev–Trinajstić information content (AvgIpc) is 2.71. The summed E-state index contributed by atoms with van der Waals surface area (Å²) in [7, 11) is 0. The van der Waals surface area contributed by atoms with Crippen molar-refractivity contribution in [3.8, 4) is 0 Å². The number of hydrogen-bond donors (Lipinski definition) is 0. The highest BCUT2D eigenvalue weighted by Crippen LogP contribution is 2.31. The van der Waals surface area contributed by atoms with Crippen LogP contribution in [0.2, 0.25) is 0 Å². The first-order valence-corrected chi connectivity index (χ1v) is 8.48. The van der Waals surface area contributed by atoms with Gasteiger partial charge in [0.05, 0.1) is 0 Å². The van der Waals surface area contributed by atoms with Crippen LogP contribution >= 0.6 is 12.2 Å². The molecule has 0 spiro atoms. The molecule has 0 aromatic carbocycles. The molecule has 1 aliphatic rings. The van der Waals surface area contributed by atoms with Gasteiger partial charge in [-0.2, -0.15) is 0 Å². The van der Waals surface area contributed by atoms with Crippen LogP contribution in [-0.2, 0) is 4.74 Å². The Kier molecular flexibility index (Phi) is 9.21. The molecule has 1 saturated carbocycles. The van der Waals surface area contributed by atoms with Crippen LogP contribution in [-0.4, -0.2) is 11.7 Å². The van der Waals surface area contributed by atoms with E-state index in [4.69, 9.17) is 17.0 Å². The van der Waals surface area contributed by atoms with Crippen molar-refractivity contribution in [2.24, 2.45) is 11.8 Å². The molecule has 0 N–H and O–H groups in total. The summed E-state index contributed by atoms with van der Waals surface area (Å²) in [5.74, 6) is 0.659. The van der Waals surface area contributed by atoms with Crippen LogP contribution in [0, 0.1) is 11.8 Å². The van der Waals surface area contributed by atoms with Crippen molar-refractivity contribution in [1.29, 1.82) is 0 Å². The number of thiocarbonyl (C=S) groups is 1. The fourth-order valence-corrected chi connectivity index (χ4v) is 3.23. The van der Waals surface area contributed by atoms with Crippen LogP contribution in [0.25, 0.3) is 0 Å². The van der Waals surface area contributed by atoms with Gasteiger partial charge in [-0.15, -0.1) is 0 Å². The number of hydrogen-bond acceptors (Lipinski definition) is 2. The van der Waals surface area contributed by atoms with E-state index < -0.39 is 12.5 Å². The summed E-state index contributed by atoms with van der Waals surface area (Å²) in [6.07, 6.45) is 11.9. The van der Waals surface area contributed by atoms with Crippen LogP contribution in [0.15, 0.2) is 36.4 Å². The topological polar surface area (TPSA) is 9.23 Å². The van der Waals surface area contributed by atoms with Gasteiger partial charge < -0.3 is 4.74 Å². The molecule has 0 radical (unpaired) electrons. The number of alkyl halides is 1. The third-order valence-corrected chi connectivity index (χ3v) is 4.46. The molecule has 0 bridgehead atoms. The molecule has 4 heteroatoms. The molecule has 0 heterocycles. The maximum Gasteiger partial charge on any atom is 0.170 e. The molecule has 1 nitrogen and oxygen atoms in total. The molecule has 2 atom stereocenters. The zero-order chi connectivity index (χ0) is 16.4. The summed E-state index contributed by atoms with van der Waals surface area (Å²) in [6, 6.07) is 0. The second-order valence-corrected chi connectivity index (χ2v) is 6.22. The fourth-order valence-electron chi connectivity index (χ4n) is 2.90. The summed E-state index contributed by atoms with van der Waals surface area (Å²) in [5, 5.41) is 0.492. The van der Waals surface area contributed by atoms with E-state index in [1.807, 2.05) is 0 Å². The lowest BCUT2D eigenvalue weighted by molar-refractivity contribution is 0.380. The van der Waals surface area contributed by atoms with Gasteiger partial charge >= 0.3 is 0 Å². The molecule has 0 saturated heterocycles. The van der Waals surface area contributed by atoms with Gasteiger partial charge in [-0.1, -0.05) is 39.2 Å². The monoisotopic (exact) mass is 328 g/mol. The van der Waals surface area contributed by atoms with Gasteiger partial charge in [-0.3, -0.25) is 0 Å². The van der Waals surface area contributed by atoms with Crippen LogP contribution < -0.4 is 0 Å². The van der Waals surface area contributed by atoms with Gasteiger partial charge in [0.2, 0.25) is 0 Å². The maximum atomic E-state index is 12.7. The largest absolute Gasteiger partial charge is 0.450 e. The molecule has 0 amide bonds. The van der Waals surface area contributed by atoms with Crippen molar-refractivity contribution in [3.63, 3.8) is 0 Å². The van der Waals surface area contributed by atoms with E-state index in [1.165, 1.54) is 37.8 Å². The Hall–Kier alpha value is -1.03. The van der Waals surface area contributed by atoms with Crippen molar-refractivity contribution >= 4 is 17.3 Å². The first-order chi connectivity index (χ1) is 10.6. The van der Waals surface area contributed by atoms with E-state index >= 15 is 0 Å². The molecule has 22 heavy (non-hydrogen) atoms. The van der Waals surface area contributed by atoms with Crippen molar-refractivity contribution in [3.05, 3.63) is 36.4 Å². The minimum absolute atomic E-state index is 0.224. The Balaban J connectivity index is 2.58. The highest BCUT2D eigenvalue weighted by Gasteiger charge is 2.22. The third kappa shape index (κ3) is 7.30. The molecule has 1 fully saturated rings. The predicted octanol–water partition coefficient (Wildman–Crippen LogP) is 6.22. The summed E-state index contributed by atoms with van der Waals surface area (Å²) in [5.41, 5.74) is 0. The molecule has 1 rings (SSSR count). The minimum Gasteiger partial charge on any atom is -0.450 e. The predicted molar refractivity (Wildman–Crippen MR) is 92.1 cm³/mol. The van der Waals surface area contributed by atoms with E-state index in [-0.39, 0.29) is 11.7 Å². The summed E-state index contributed by atoms with van der Waals surface area (Å²) < 4.78 is 30.8. The van der Waals surface area contributed by atoms with Crippen molar-refractivity contribution in [2.75, 3.05) is 6.67 Å². The molecule has 0 aliphatic heterocycles. The zero-order valence-electron chi connectivity index (χ0n) is 13.3. The number of halogens is 2. The van der Waals surface area contributed by atoms with E-state index in [1.54, 1.807) is 0 Å². The van der Waals surface area contributed by atoms with Gasteiger partial charge in [0, 0.05) is 5.92 Å². The summed E-state index contributed by atoms with van der Waals surface area (Å²) in [4.78, 5) is 0. The second kappa shape index (κ2) is 10.7. The van der Waals surface area contributed by atoms with Crippen LogP contribution in [0.1, 0.15) is 51.9 Å². The van der Waals surface area contributed by atoms with E-state index in [2.05, 4.69) is 13.5 Å². The molecular formula is C18H26F2OS. The highest BCUT2D eigenvalue weighted by atomic mass is 32.1. The first kappa shape index (κ1) is 19.0. The van der Waals surface area contributed by atoms with Crippen molar-refractivity contribution in [1.82, 2.24) is 0 Å². The van der Waals surface area contributed by atoms with Gasteiger partial charge in [0.25, 0.3) is 0 Å². The van der Waals surface area contributed by atoms with Crippen LogP contribution in [0.3, 0.4) is 0 Å². The lowest BCUT2D eigenvalue weighted by Crippen LogP contribution is -2.15. The van der Waals surface area contributed by atoms with Gasteiger partial charge in [0.1, 0.15) is 18.3 Å². The van der Waals surface area contributed by atoms with Gasteiger partial charge in [0.15, 0.2) is 5.05 Å². The lowest BCUT2D eigenvalue weighted by atomic mass is 9.94. The Labute approximate surface area is 138 Å². The molecule has 1 aliphatic carbocycles. The molecule has 0 aromatic heterocycles. The molecule has 0 aromatic rings. The maximum absolute atomic E-state index is 12.7. The number of rotatable bonds is 7. The molecular weight excluding hydrogens is 302 g/mol. The highest BCUT2D eigenvalue weighted by molar-refractivity contribution is 7.80. The van der Waals surface area contributed by atoms with E-state index in [9.17, 15) is 8.78 Å². The zero-order valence-corrected chi connectivity index (χ0v) is 14.1. The van der Waals surface area contributed by atoms with Crippen LogP contribution in [0.5, 0.6) is 0 Å². The fraction of sp³-hybridized carbons (Fsp3) is 0.611. The summed E-state index contributed by atoms with van der Waals surface area (Å²) in [6.45, 7) is 4.67. The SMILES string of the molecule is C=C(F)/C=C\C(=C/CF)OC(=S)C1CCCC(CCC)CC1. The lowest BCUT2D eigenvalue weighted by Gasteiger charge is -2.17. The van der Waals surface area contributed by atoms with Gasteiger partial charge in [-0.05, 0) is 55.6 Å². The van der Waals surface area contributed by atoms with Crippen LogP contribution in [0.4, 0.5) is 8.78 Å². The minimum atomic E-state index is -0.676.